The fraction of sp³-hybridized carbons (Fsp3) is 0.333. The fourth-order valence-corrected chi connectivity index (χ4v) is 0.370. The minimum Gasteiger partial charge on any atom is -0.208 e. The molecule has 0 aromatic carbocycles. The highest BCUT2D eigenvalue weighted by Gasteiger charge is 2.37. The van der Waals surface area contributed by atoms with Gasteiger partial charge >= 0.3 is 6.18 Å². The zero-order valence-corrected chi connectivity index (χ0v) is 5.38. The van der Waals surface area contributed by atoms with E-state index in [4.69, 9.17) is 0 Å². The zero-order valence-electron chi connectivity index (χ0n) is 5.38. The lowest BCUT2D eigenvalue weighted by Gasteiger charge is -2.02. The molecule has 0 saturated carbocycles. The van der Waals surface area contributed by atoms with Crippen molar-refractivity contribution in [2.24, 2.45) is 0 Å². The molecule has 11 heavy (non-hydrogen) atoms. The molecule has 64 valence electrons. The third kappa shape index (κ3) is 3.15. The Bertz CT molecular complexity index is 176. The summed E-state index contributed by atoms with van der Waals surface area (Å²) in [5.41, 5.74) is 0. The maximum Gasteiger partial charge on any atom is 0.445 e. The van der Waals surface area contributed by atoms with Gasteiger partial charge in [0.15, 0.2) is 0 Å². The molecular weight excluding hydrogens is 167 g/mol. The highest BCUT2D eigenvalue weighted by atomic mass is 19.4. The molecule has 0 atom stereocenters. The molecule has 0 unspecified atom stereocenters. The topological polar surface area (TPSA) is 0 Å². The highest BCUT2D eigenvalue weighted by molar-refractivity contribution is 5.08. The summed E-state index contributed by atoms with van der Waals surface area (Å²) < 4.78 is 57.8. The molecule has 0 aliphatic rings. The van der Waals surface area contributed by atoms with Crippen LogP contribution >= 0.6 is 0 Å². The second-order valence-electron chi connectivity index (χ2n) is 1.71. The van der Waals surface area contributed by atoms with Crippen LogP contribution in [0.3, 0.4) is 0 Å². The van der Waals surface area contributed by atoms with E-state index in [1.54, 1.807) is 0 Å². The van der Waals surface area contributed by atoms with Gasteiger partial charge in [-0.25, -0.2) is 4.39 Å². The Labute approximate surface area is 60.0 Å². The smallest absolute Gasteiger partial charge is 0.208 e. The van der Waals surface area contributed by atoms with Gasteiger partial charge in [-0.2, -0.15) is 17.6 Å². The van der Waals surface area contributed by atoms with Crippen molar-refractivity contribution in [3.63, 3.8) is 0 Å². The molecule has 0 rings (SSSR count). The van der Waals surface area contributed by atoms with Crippen molar-refractivity contribution < 1.29 is 22.0 Å². The maximum absolute atomic E-state index is 12.0. The van der Waals surface area contributed by atoms with E-state index in [0.29, 0.717) is 0 Å². The van der Waals surface area contributed by atoms with Crippen LogP contribution in [0.2, 0.25) is 0 Å². The van der Waals surface area contributed by atoms with Gasteiger partial charge in [-0.15, -0.1) is 6.58 Å². The molecule has 0 aromatic rings. The first-order valence-corrected chi connectivity index (χ1v) is 2.61. The van der Waals surface area contributed by atoms with Crippen molar-refractivity contribution in [3.05, 3.63) is 24.3 Å². The summed E-state index contributed by atoms with van der Waals surface area (Å²) in [5.74, 6) is -4.52. The minimum atomic E-state index is -5.23. The van der Waals surface area contributed by atoms with E-state index in [0.717, 1.165) is 6.08 Å². The van der Waals surface area contributed by atoms with E-state index in [1.165, 1.54) is 0 Å². The molecule has 0 aliphatic heterocycles. The first-order valence-electron chi connectivity index (χ1n) is 2.61. The summed E-state index contributed by atoms with van der Waals surface area (Å²) in [4.78, 5) is 0. The van der Waals surface area contributed by atoms with E-state index in [-0.39, 0.29) is 0 Å². The summed E-state index contributed by atoms with van der Waals surface area (Å²) in [5, 5.41) is 0. The van der Waals surface area contributed by atoms with Crippen molar-refractivity contribution >= 4 is 0 Å². The predicted octanol–water partition coefficient (Wildman–Crippen LogP) is 3.28. The SMILES string of the molecule is C=CC/C(F)=C(\F)C(F)(F)F. The Balaban J connectivity index is 4.52. The molecule has 0 saturated heterocycles. The third-order valence-corrected chi connectivity index (χ3v) is 0.811. The van der Waals surface area contributed by atoms with Crippen LogP contribution < -0.4 is 0 Å². The quantitative estimate of drug-likeness (QED) is 0.443. The Morgan fingerprint density at radius 2 is 1.73 bits per heavy atom. The summed E-state index contributed by atoms with van der Waals surface area (Å²) in [6.45, 7) is 2.96. The summed E-state index contributed by atoms with van der Waals surface area (Å²) >= 11 is 0. The van der Waals surface area contributed by atoms with E-state index >= 15 is 0 Å². The first-order chi connectivity index (χ1) is 4.89. The van der Waals surface area contributed by atoms with Crippen LogP contribution in [0.4, 0.5) is 22.0 Å². The van der Waals surface area contributed by atoms with Gasteiger partial charge in [-0.3, -0.25) is 0 Å². The molecule has 0 amide bonds. The molecule has 0 fully saturated rings. The molecule has 0 aliphatic carbocycles. The summed E-state index contributed by atoms with van der Waals surface area (Å²) in [7, 11) is 0. The van der Waals surface area contributed by atoms with Crippen molar-refractivity contribution in [2.75, 3.05) is 0 Å². The molecule has 0 radical (unpaired) electrons. The van der Waals surface area contributed by atoms with Crippen LogP contribution in [0.25, 0.3) is 0 Å². The van der Waals surface area contributed by atoms with Gasteiger partial charge in [0.2, 0.25) is 5.83 Å². The third-order valence-electron chi connectivity index (χ3n) is 0.811. The number of hydrogen-bond acceptors (Lipinski definition) is 0. The van der Waals surface area contributed by atoms with Crippen molar-refractivity contribution in [2.45, 2.75) is 12.6 Å². The molecule has 0 aromatic heterocycles. The normalized spacial score (nSPS) is 14.3. The van der Waals surface area contributed by atoms with Gasteiger partial charge in [0, 0.05) is 6.42 Å². The molecule has 0 heterocycles. The Morgan fingerprint density at radius 1 is 1.27 bits per heavy atom. The summed E-state index contributed by atoms with van der Waals surface area (Å²) in [6, 6.07) is 0. The molecule has 0 bridgehead atoms. The van der Waals surface area contributed by atoms with Gasteiger partial charge in [-0.1, -0.05) is 6.08 Å². The van der Waals surface area contributed by atoms with E-state index in [9.17, 15) is 22.0 Å². The average Bonchev–Trinajstić information content (AvgIpc) is 1.85. The van der Waals surface area contributed by atoms with Crippen LogP contribution in [0.5, 0.6) is 0 Å². The lowest BCUT2D eigenvalue weighted by molar-refractivity contribution is -0.111. The van der Waals surface area contributed by atoms with Crippen molar-refractivity contribution in [1.29, 1.82) is 0 Å². The molecule has 0 spiro atoms. The molecule has 0 nitrogen and oxygen atoms in total. The van der Waals surface area contributed by atoms with E-state index in [1.807, 2.05) is 0 Å². The molecular formula is C6H5F5. The van der Waals surface area contributed by atoms with Gasteiger partial charge in [0.1, 0.15) is 5.83 Å². The average molecular weight is 172 g/mol. The zero-order chi connectivity index (χ0) is 9.07. The second-order valence-corrected chi connectivity index (χ2v) is 1.71. The van der Waals surface area contributed by atoms with Crippen LogP contribution in [-0.4, -0.2) is 6.18 Å². The predicted molar refractivity (Wildman–Crippen MR) is 30.1 cm³/mol. The first kappa shape index (κ1) is 10.1. The molecule has 5 heteroatoms. The van der Waals surface area contributed by atoms with Crippen LogP contribution in [-0.2, 0) is 0 Å². The summed E-state index contributed by atoms with van der Waals surface area (Å²) in [6.07, 6.45) is -5.13. The highest BCUT2D eigenvalue weighted by Crippen LogP contribution is 2.30. The fourth-order valence-electron chi connectivity index (χ4n) is 0.370. The number of alkyl halides is 3. The Kier molecular flexibility index (Phi) is 3.22. The lowest BCUT2D eigenvalue weighted by Crippen LogP contribution is -2.09. The van der Waals surface area contributed by atoms with E-state index in [2.05, 4.69) is 6.58 Å². The minimum absolute atomic E-state index is 0.745. The Hall–Kier alpha value is -0.870. The number of rotatable bonds is 2. The largest absolute Gasteiger partial charge is 0.445 e. The van der Waals surface area contributed by atoms with Gasteiger partial charge in [0.25, 0.3) is 0 Å². The van der Waals surface area contributed by atoms with Crippen LogP contribution in [0.15, 0.2) is 24.3 Å². The van der Waals surface area contributed by atoms with Crippen molar-refractivity contribution in [3.8, 4) is 0 Å². The maximum atomic E-state index is 12.0. The second kappa shape index (κ2) is 3.50. The number of halogens is 5. The van der Waals surface area contributed by atoms with Crippen LogP contribution in [0, 0.1) is 0 Å². The van der Waals surface area contributed by atoms with Gasteiger partial charge < -0.3 is 0 Å². The number of allylic oxidation sites excluding steroid dienone is 3. The van der Waals surface area contributed by atoms with Gasteiger partial charge in [-0.05, 0) is 0 Å². The monoisotopic (exact) mass is 172 g/mol. The van der Waals surface area contributed by atoms with Crippen LogP contribution in [0.1, 0.15) is 6.42 Å². The van der Waals surface area contributed by atoms with Gasteiger partial charge in [0.05, 0.1) is 0 Å². The lowest BCUT2D eigenvalue weighted by atomic mass is 10.3. The molecule has 0 N–H and O–H groups in total. The Morgan fingerprint density at radius 3 is 2.00 bits per heavy atom. The standard InChI is InChI=1S/C6H5F5/c1-2-3-4(7)5(8)6(9,10)11/h2H,1,3H2/b5-4+. The number of hydrogen-bond donors (Lipinski definition) is 0. The van der Waals surface area contributed by atoms with E-state index < -0.39 is 24.3 Å². The van der Waals surface area contributed by atoms with Crippen molar-refractivity contribution in [1.82, 2.24) is 0 Å².